The Bertz CT molecular complexity index is 1010. The summed E-state index contributed by atoms with van der Waals surface area (Å²) in [6.45, 7) is 1.84. The number of carbonyl (C=O) groups excluding carboxylic acids is 1. The van der Waals surface area contributed by atoms with Gasteiger partial charge in [0.15, 0.2) is 5.82 Å². The highest BCUT2D eigenvalue weighted by molar-refractivity contribution is 6.42. The lowest BCUT2D eigenvalue weighted by atomic mass is 10.0. The van der Waals surface area contributed by atoms with Crippen molar-refractivity contribution in [2.75, 3.05) is 14.1 Å². The second kappa shape index (κ2) is 8.54. The minimum Gasteiger partial charge on any atom is -0.391 e. The van der Waals surface area contributed by atoms with E-state index in [1.54, 1.807) is 38.5 Å². The summed E-state index contributed by atoms with van der Waals surface area (Å²) in [5.74, 6) is 0.579. The van der Waals surface area contributed by atoms with Gasteiger partial charge in [-0.2, -0.15) is 4.98 Å². The summed E-state index contributed by atoms with van der Waals surface area (Å²) in [4.78, 5) is 26.8. The van der Waals surface area contributed by atoms with Gasteiger partial charge in [-0.25, -0.2) is 9.78 Å². The predicted molar refractivity (Wildman–Crippen MR) is 109 cm³/mol. The van der Waals surface area contributed by atoms with Crippen LogP contribution >= 0.6 is 23.2 Å². The molecule has 2 aromatic heterocycles. The van der Waals surface area contributed by atoms with Gasteiger partial charge in [0.25, 0.3) is 0 Å². The third kappa shape index (κ3) is 4.58. The SMILES string of the molecule is Cc1nc(-c2ccccn2)nc(OC(=O)N(C)C)c1Cc1ccc(Cl)c(Cl)c1. The van der Waals surface area contributed by atoms with Gasteiger partial charge in [0.1, 0.15) is 5.69 Å². The minimum absolute atomic E-state index is 0.193. The van der Waals surface area contributed by atoms with Crippen LogP contribution in [-0.2, 0) is 6.42 Å². The van der Waals surface area contributed by atoms with Crippen LogP contribution in [0.1, 0.15) is 16.8 Å². The lowest BCUT2D eigenvalue weighted by molar-refractivity contribution is 0.169. The zero-order valence-corrected chi connectivity index (χ0v) is 17.1. The van der Waals surface area contributed by atoms with Gasteiger partial charge in [-0.05, 0) is 36.8 Å². The Morgan fingerprint density at radius 1 is 1.11 bits per heavy atom. The van der Waals surface area contributed by atoms with Crippen molar-refractivity contribution in [3.8, 4) is 17.4 Å². The lowest BCUT2D eigenvalue weighted by Crippen LogP contribution is -2.26. The van der Waals surface area contributed by atoms with Crippen LogP contribution in [0.3, 0.4) is 0 Å². The van der Waals surface area contributed by atoms with E-state index in [1.165, 1.54) is 4.90 Å². The van der Waals surface area contributed by atoms with Crippen molar-refractivity contribution in [2.45, 2.75) is 13.3 Å². The highest BCUT2D eigenvalue weighted by Gasteiger charge is 2.19. The molecule has 3 rings (SSSR count). The number of carbonyl (C=O) groups is 1. The predicted octanol–water partition coefficient (Wildman–Crippen LogP) is 4.81. The average molecular weight is 417 g/mol. The Morgan fingerprint density at radius 2 is 1.89 bits per heavy atom. The maximum Gasteiger partial charge on any atom is 0.416 e. The highest BCUT2D eigenvalue weighted by Crippen LogP contribution is 2.29. The van der Waals surface area contributed by atoms with Crippen LogP contribution in [0.25, 0.3) is 11.5 Å². The fourth-order valence-electron chi connectivity index (χ4n) is 2.49. The quantitative estimate of drug-likeness (QED) is 0.610. The summed E-state index contributed by atoms with van der Waals surface area (Å²) in [6, 6.07) is 10.8. The summed E-state index contributed by atoms with van der Waals surface area (Å²) in [7, 11) is 3.21. The molecule has 0 fully saturated rings. The summed E-state index contributed by atoms with van der Waals surface area (Å²) in [5.41, 5.74) is 2.86. The average Bonchev–Trinajstić information content (AvgIpc) is 2.67. The van der Waals surface area contributed by atoms with Gasteiger partial charge in [-0.15, -0.1) is 0 Å². The first-order valence-electron chi connectivity index (χ1n) is 8.47. The second-order valence-electron chi connectivity index (χ2n) is 6.32. The third-order valence-electron chi connectivity index (χ3n) is 3.98. The van der Waals surface area contributed by atoms with Gasteiger partial charge in [-0.3, -0.25) is 4.98 Å². The van der Waals surface area contributed by atoms with Gasteiger partial charge in [0, 0.05) is 38.0 Å². The van der Waals surface area contributed by atoms with E-state index in [0.717, 1.165) is 5.56 Å². The van der Waals surface area contributed by atoms with E-state index in [-0.39, 0.29) is 5.88 Å². The summed E-state index contributed by atoms with van der Waals surface area (Å²) in [5, 5.41) is 0.929. The zero-order chi connectivity index (χ0) is 20.3. The van der Waals surface area contributed by atoms with Crippen LogP contribution in [0.2, 0.25) is 10.0 Å². The van der Waals surface area contributed by atoms with E-state index in [9.17, 15) is 4.79 Å². The molecule has 8 heteroatoms. The molecule has 144 valence electrons. The second-order valence-corrected chi connectivity index (χ2v) is 7.13. The van der Waals surface area contributed by atoms with Crippen molar-refractivity contribution in [3.63, 3.8) is 0 Å². The molecule has 0 N–H and O–H groups in total. The first-order valence-corrected chi connectivity index (χ1v) is 9.22. The van der Waals surface area contributed by atoms with Crippen molar-refractivity contribution in [3.05, 3.63) is 69.5 Å². The van der Waals surface area contributed by atoms with Gasteiger partial charge < -0.3 is 9.64 Å². The summed E-state index contributed by atoms with van der Waals surface area (Å²) in [6.07, 6.45) is 1.56. The topological polar surface area (TPSA) is 68.2 Å². The van der Waals surface area contributed by atoms with E-state index in [2.05, 4.69) is 15.0 Å². The first-order chi connectivity index (χ1) is 13.3. The number of benzene rings is 1. The fraction of sp³-hybridized carbons (Fsp3) is 0.200. The van der Waals surface area contributed by atoms with E-state index >= 15 is 0 Å². The molecule has 0 atom stereocenters. The standard InChI is InChI=1S/C20H18Cl2N4O2/c1-12-14(10-13-7-8-15(21)16(22)11-13)19(28-20(27)26(2)3)25-18(24-12)17-6-4-5-9-23-17/h4-9,11H,10H2,1-3H3. The number of rotatable bonds is 4. The van der Waals surface area contributed by atoms with E-state index in [0.29, 0.717) is 39.2 Å². The zero-order valence-electron chi connectivity index (χ0n) is 15.6. The summed E-state index contributed by atoms with van der Waals surface area (Å²) < 4.78 is 5.53. The number of amides is 1. The van der Waals surface area contributed by atoms with Crippen LogP contribution in [0, 0.1) is 6.92 Å². The number of aromatic nitrogens is 3. The van der Waals surface area contributed by atoms with Gasteiger partial charge in [0.2, 0.25) is 5.88 Å². The molecule has 3 aromatic rings. The fourth-order valence-corrected chi connectivity index (χ4v) is 2.82. The highest BCUT2D eigenvalue weighted by atomic mass is 35.5. The molecular formula is C20H18Cl2N4O2. The van der Waals surface area contributed by atoms with Crippen LogP contribution in [0.15, 0.2) is 42.6 Å². The van der Waals surface area contributed by atoms with E-state index < -0.39 is 6.09 Å². The van der Waals surface area contributed by atoms with Gasteiger partial charge >= 0.3 is 6.09 Å². The Hall–Kier alpha value is -2.70. The Morgan fingerprint density at radius 3 is 2.54 bits per heavy atom. The van der Waals surface area contributed by atoms with Crippen LogP contribution in [0.4, 0.5) is 4.79 Å². The largest absolute Gasteiger partial charge is 0.416 e. The van der Waals surface area contributed by atoms with Crippen LogP contribution < -0.4 is 4.74 Å². The molecule has 6 nitrogen and oxygen atoms in total. The number of pyridine rings is 1. The number of hydrogen-bond acceptors (Lipinski definition) is 5. The molecule has 28 heavy (non-hydrogen) atoms. The van der Waals surface area contributed by atoms with Crippen molar-refractivity contribution in [1.82, 2.24) is 19.9 Å². The number of halogens is 2. The monoisotopic (exact) mass is 416 g/mol. The molecule has 1 aromatic carbocycles. The molecule has 0 aliphatic heterocycles. The maximum absolute atomic E-state index is 12.2. The van der Waals surface area contributed by atoms with Gasteiger partial charge in [-0.1, -0.05) is 35.3 Å². The molecule has 0 aliphatic rings. The molecule has 0 radical (unpaired) electrons. The molecule has 0 saturated heterocycles. The number of aryl methyl sites for hydroxylation is 1. The van der Waals surface area contributed by atoms with Crippen LogP contribution in [0.5, 0.6) is 5.88 Å². The number of nitrogens with zero attached hydrogens (tertiary/aromatic N) is 4. The molecule has 2 heterocycles. The number of hydrogen-bond donors (Lipinski definition) is 0. The minimum atomic E-state index is -0.527. The van der Waals surface area contributed by atoms with E-state index in [1.807, 2.05) is 25.1 Å². The van der Waals surface area contributed by atoms with Crippen molar-refractivity contribution in [1.29, 1.82) is 0 Å². The Balaban J connectivity index is 2.06. The Labute approximate surface area is 173 Å². The smallest absolute Gasteiger partial charge is 0.391 e. The summed E-state index contributed by atoms with van der Waals surface area (Å²) >= 11 is 12.1. The molecule has 0 unspecified atom stereocenters. The van der Waals surface area contributed by atoms with Crippen molar-refractivity contribution >= 4 is 29.3 Å². The normalized spacial score (nSPS) is 10.6. The molecule has 0 saturated carbocycles. The van der Waals surface area contributed by atoms with Crippen LogP contribution in [-0.4, -0.2) is 40.0 Å². The van der Waals surface area contributed by atoms with E-state index in [4.69, 9.17) is 27.9 Å². The van der Waals surface area contributed by atoms with Gasteiger partial charge in [0.05, 0.1) is 10.0 Å². The van der Waals surface area contributed by atoms with Crippen molar-refractivity contribution in [2.24, 2.45) is 0 Å². The molecule has 0 aliphatic carbocycles. The molecule has 1 amide bonds. The maximum atomic E-state index is 12.2. The third-order valence-corrected chi connectivity index (χ3v) is 4.72. The molecular weight excluding hydrogens is 399 g/mol. The molecule has 0 bridgehead atoms. The lowest BCUT2D eigenvalue weighted by Gasteiger charge is -2.16. The van der Waals surface area contributed by atoms with Crippen molar-refractivity contribution < 1.29 is 9.53 Å². The number of ether oxygens (including phenoxy) is 1. The Kier molecular flexibility index (Phi) is 6.11. The molecule has 0 spiro atoms. The first kappa shape index (κ1) is 20.0.